The van der Waals surface area contributed by atoms with E-state index in [1.54, 1.807) is 12.1 Å². The predicted molar refractivity (Wildman–Crippen MR) is 96.0 cm³/mol. The van der Waals surface area contributed by atoms with Gasteiger partial charge in [-0.1, -0.05) is 30.3 Å². The van der Waals surface area contributed by atoms with E-state index in [-0.39, 0.29) is 11.4 Å². The normalized spacial score (nSPS) is 10.3. The summed E-state index contributed by atoms with van der Waals surface area (Å²) in [6.07, 6.45) is 0. The molecule has 0 aliphatic rings. The Morgan fingerprint density at radius 1 is 1.08 bits per heavy atom. The summed E-state index contributed by atoms with van der Waals surface area (Å²) < 4.78 is 6.11. The molecule has 2 aromatic carbocycles. The number of hydrogen-bond acceptors (Lipinski definition) is 6. The molecule has 0 aliphatic heterocycles. The largest absolute Gasteiger partial charge is 0.477 e. The first-order chi connectivity index (χ1) is 12.5. The summed E-state index contributed by atoms with van der Waals surface area (Å²) in [5.41, 5.74) is 4.27. The van der Waals surface area contributed by atoms with Gasteiger partial charge >= 0.3 is 5.69 Å². The van der Waals surface area contributed by atoms with E-state index in [0.717, 1.165) is 10.1 Å². The summed E-state index contributed by atoms with van der Waals surface area (Å²) in [5.74, 6) is -1.12. The zero-order valence-corrected chi connectivity index (χ0v) is 14.1. The molecule has 1 aromatic heterocycles. The highest BCUT2D eigenvalue weighted by atomic mass is 32.1. The Morgan fingerprint density at radius 2 is 1.81 bits per heavy atom. The van der Waals surface area contributed by atoms with Gasteiger partial charge in [0.05, 0.1) is 9.80 Å². The smallest absolute Gasteiger partial charge is 0.310 e. The second kappa shape index (κ2) is 7.62. The number of carbonyl (C=O) groups excluding carboxylic acids is 2. The first-order valence-electron chi connectivity index (χ1n) is 7.48. The minimum Gasteiger partial charge on any atom is -0.477 e. The number of para-hydroxylation sites is 2. The maximum absolute atomic E-state index is 12.1. The highest BCUT2D eigenvalue weighted by molar-refractivity contribution is 7.20. The van der Waals surface area contributed by atoms with Crippen molar-refractivity contribution in [2.75, 3.05) is 6.61 Å². The predicted octanol–water partition coefficient (Wildman–Crippen LogP) is 2.65. The SMILES string of the molecule is O=C(COc1ccccc1[N+](=O)[O-])NNC(=O)c1cc2ccccc2s1. The highest BCUT2D eigenvalue weighted by Gasteiger charge is 2.15. The number of hydrogen-bond donors (Lipinski definition) is 2. The molecule has 8 nitrogen and oxygen atoms in total. The van der Waals surface area contributed by atoms with Crippen molar-refractivity contribution < 1.29 is 19.2 Å². The molecule has 1 heterocycles. The standard InChI is InChI=1S/C17H13N3O5S/c21-16(10-25-13-7-3-2-6-12(13)20(23)24)18-19-17(22)15-9-11-5-1-4-8-14(11)26-15/h1-9H,10H2,(H,18,21)(H,19,22). The van der Waals surface area contributed by atoms with Gasteiger partial charge in [-0.05, 0) is 23.6 Å². The van der Waals surface area contributed by atoms with Crippen molar-refractivity contribution in [2.24, 2.45) is 0 Å². The Labute approximate surface area is 151 Å². The number of nitro groups is 1. The Bertz CT molecular complexity index is 952. The molecular weight excluding hydrogens is 358 g/mol. The summed E-state index contributed by atoms with van der Waals surface area (Å²) in [7, 11) is 0. The fourth-order valence-electron chi connectivity index (χ4n) is 2.19. The van der Waals surface area contributed by atoms with Crippen LogP contribution < -0.4 is 15.6 Å². The van der Waals surface area contributed by atoms with Crippen LogP contribution in [0.25, 0.3) is 10.1 Å². The third-order valence-electron chi connectivity index (χ3n) is 3.39. The van der Waals surface area contributed by atoms with Gasteiger partial charge in [0.1, 0.15) is 0 Å². The lowest BCUT2D eigenvalue weighted by molar-refractivity contribution is -0.385. The molecule has 0 atom stereocenters. The van der Waals surface area contributed by atoms with E-state index in [4.69, 9.17) is 4.74 Å². The van der Waals surface area contributed by atoms with E-state index >= 15 is 0 Å². The van der Waals surface area contributed by atoms with Crippen LogP contribution in [-0.4, -0.2) is 23.3 Å². The molecule has 0 bridgehead atoms. The average molecular weight is 371 g/mol. The summed E-state index contributed by atoms with van der Waals surface area (Å²) in [6.45, 7) is -0.475. The number of nitrogens with one attached hydrogen (secondary N) is 2. The average Bonchev–Trinajstić information content (AvgIpc) is 3.09. The minimum absolute atomic E-state index is 0.0246. The number of thiophene rings is 1. The van der Waals surface area contributed by atoms with Gasteiger partial charge < -0.3 is 4.74 Å². The van der Waals surface area contributed by atoms with Crippen molar-refractivity contribution in [2.45, 2.75) is 0 Å². The van der Waals surface area contributed by atoms with Crippen LogP contribution in [0.5, 0.6) is 5.75 Å². The number of carbonyl (C=O) groups is 2. The summed E-state index contributed by atoms with van der Waals surface area (Å²) in [6, 6.07) is 15.0. The Morgan fingerprint density at radius 3 is 2.58 bits per heavy atom. The van der Waals surface area contributed by atoms with E-state index < -0.39 is 23.3 Å². The Kier molecular flexibility index (Phi) is 5.09. The second-order valence-corrected chi connectivity index (χ2v) is 6.25. The maximum Gasteiger partial charge on any atom is 0.310 e. The fraction of sp³-hybridized carbons (Fsp3) is 0.0588. The Balaban J connectivity index is 1.54. The zero-order valence-electron chi connectivity index (χ0n) is 13.3. The van der Waals surface area contributed by atoms with Gasteiger partial charge in [0, 0.05) is 10.8 Å². The van der Waals surface area contributed by atoms with E-state index in [2.05, 4.69) is 10.9 Å². The maximum atomic E-state index is 12.1. The number of rotatable bonds is 5. The third-order valence-corrected chi connectivity index (χ3v) is 4.50. The minimum atomic E-state index is -0.641. The lowest BCUT2D eigenvalue weighted by Crippen LogP contribution is -2.43. The molecule has 3 rings (SSSR count). The highest BCUT2D eigenvalue weighted by Crippen LogP contribution is 2.26. The number of fused-ring (bicyclic) bond motifs is 1. The molecule has 0 radical (unpaired) electrons. The van der Waals surface area contributed by atoms with Gasteiger partial charge in [0.25, 0.3) is 11.8 Å². The van der Waals surface area contributed by atoms with E-state index in [9.17, 15) is 19.7 Å². The van der Waals surface area contributed by atoms with Crippen LogP contribution in [0.2, 0.25) is 0 Å². The van der Waals surface area contributed by atoms with Crippen LogP contribution in [0, 0.1) is 10.1 Å². The van der Waals surface area contributed by atoms with Crippen LogP contribution in [0.3, 0.4) is 0 Å². The topological polar surface area (TPSA) is 111 Å². The molecule has 0 saturated carbocycles. The van der Waals surface area contributed by atoms with Gasteiger partial charge in [-0.25, -0.2) is 0 Å². The van der Waals surface area contributed by atoms with E-state index in [1.165, 1.54) is 29.5 Å². The van der Waals surface area contributed by atoms with Gasteiger partial charge in [-0.3, -0.25) is 30.6 Å². The summed E-state index contributed by atoms with van der Waals surface area (Å²) in [4.78, 5) is 34.6. The zero-order chi connectivity index (χ0) is 18.5. The molecule has 0 saturated heterocycles. The summed E-state index contributed by atoms with van der Waals surface area (Å²) >= 11 is 1.30. The fourth-order valence-corrected chi connectivity index (χ4v) is 3.15. The molecule has 26 heavy (non-hydrogen) atoms. The first kappa shape index (κ1) is 17.4. The monoisotopic (exact) mass is 371 g/mol. The van der Waals surface area contributed by atoms with Gasteiger partial charge in [0.15, 0.2) is 12.4 Å². The second-order valence-electron chi connectivity index (χ2n) is 5.16. The van der Waals surface area contributed by atoms with Crippen LogP contribution in [-0.2, 0) is 4.79 Å². The van der Waals surface area contributed by atoms with Crippen LogP contribution in [0.4, 0.5) is 5.69 Å². The van der Waals surface area contributed by atoms with Crippen molar-refractivity contribution in [3.63, 3.8) is 0 Å². The lowest BCUT2D eigenvalue weighted by atomic mass is 10.2. The number of benzene rings is 2. The number of ether oxygens (including phenoxy) is 1. The summed E-state index contributed by atoms with van der Waals surface area (Å²) in [5, 5.41) is 11.8. The third kappa shape index (κ3) is 3.95. The molecule has 0 spiro atoms. The molecule has 132 valence electrons. The number of nitrogens with zero attached hydrogens (tertiary/aromatic N) is 1. The molecule has 3 aromatic rings. The molecule has 2 amide bonds. The molecule has 9 heteroatoms. The van der Waals surface area contributed by atoms with Gasteiger partial charge in [-0.2, -0.15) is 0 Å². The molecule has 0 aliphatic carbocycles. The van der Waals surface area contributed by atoms with Crippen molar-refractivity contribution >= 4 is 38.9 Å². The van der Waals surface area contributed by atoms with Crippen molar-refractivity contribution in [1.29, 1.82) is 0 Å². The molecule has 0 unspecified atom stereocenters. The number of hydrazine groups is 1. The first-order valence-corrected chi connectivity index (χ1v) is 8.30. The van der Waals surface area contributed by atoms with E-state index in [0.29, 0.717) is 4.88 Å². The number of nitro benzene ring substituents is 1. The number of amides is 2. The van der Waals surface area contributed by atoms with Crippen LogP contribution >= 0.6 is 11.3 Å². The van der Waals surface area contributed by atoms with Crippen LogP contribution in [0.1, 0.15) is 9.67 Å². The van der Waals surface area contributed by atoms with Crippen molar-refractivity contribution in [3.8, 4) is 5.75 Å². The van der Waals surface area contributed by atoms with Crippen LogP contribution in [0.15, 0.2) is 54.6 Å². The van der Waals surface area contributed by atoms with Crippen molar-refractivity contribution in [3.05, 3.63) is 69.6 Å². The van der Waals surface area contributed by atoms with Gasteiger partial charge in [0.2, 0.25) is 0 Å². The molecular formula is C17H13N3O5S. The quantitative estimate of drug-likeness (QED) is 0.529. The van der Waals surface area contributed by atoms with Gasteiger partial charge in [-0.15, -0.1) is 11.3 Å². The van der Waals surface area contributed by atoms with E-state index in [1.807, 2.05) is 24.3 Å². The lowest BCUT2D eigenvalue weighted by Gasteiger charge is -2.08. The van der Waals surface area contributed by atoms with Crippen molar-refractivity contribution in [1.82, 2.24) is 10.9 Å². The Hall–Kier alpha value is -3.46. The molecule has 0 fully saturated rings. The molecule has 2 N–H and O–H groups in total.